The van der Waals surface area contributed by atoms with Gasteiger partial charge < -0.3 is 18.5 Å². The van der Waals surface area contributed by atoms with Crippen molar-refractivity contribution in [1.29, 1.82) is 0 Å². The predicted octanol–water partition coefficient (Wildman–Crippen LogP) is 7.00. The molecule has 4 nitrogen and oxygen atoms in total. The van der Waals surface area contributed by atoms with Gasteiger partial charge >= 0.3 is 0 Å². The zero-order chi connectivity index (χ0) is 21.5. The van der Waals surface area contributed by atoms with Gasteiger partial charge in [-0.25, -0.2) is 0 Å². The SMILES string of the molecule is COc1ccc(-c2ccccc2OPOc2ccccc2-c2ccc(OC)cc2)cc1. The minimum atomic E-state index is -0.184. The molecule has 4 rings (SSSR count). The third-order valence-corrected chi connectivity index (χ3v) is 5.49. The first-order valence-electron chi connectivity index (χ1n) is 9.84. The van der Waals surface area contributed by atoms with Crippen molar-refractivity contribution in [3.8, 4) is 45.3 Å². The highest BCUT2D eigenvalue weighted by molar-refractivity contribution is 7.27. The lowest BCUT2D eigenvalue weighted by atomic mass is 10.0. The van der Waals surface area contributed by atoms with Crippen LogP contribution in [-0.2, 0) is 0 Å². The summed E-state index contributed by atoms with van der Waals surface area (Å²) in [5.74, 6) is 3.19. The normalized spacial score (nSPS) is 10.4. The monoisotopic (exact) mass is 430 g/mol. The third-order valence-electron chi connectivity index (χ3n) is 4.88. The molecule has 4 aromatic rings. The van der Waals surface area contributed by atoms with Gasteiger partial charge in [-0.15, -0.1) is 0 Å². The van der Waals surface area contributed by atoms with Gasteiger partial charge in [-0.2, -0.15) is 0 Å². The molecule has 31 heavy (non-hydrogen) atoms. The second-order valence-electron chi connectivity index (χ2n) is 6.74. The van der Waals surface area contributed by atoms with E-state index in [-0.39, 0.29) is 9.03 Å². The van der Waals surface area contributed by atoms with E-state index in [9.17, 15) is 0 Å². The molecule has 0 radical (unpaired) electrons. The standard InChI is InChI=1S/C26H23O4P/c1-27-21-15-11-19(12-16-21)23-7-3-5-9-25(23)29-31-30-26-10-6-4-8-24(26)20-13-17-22(28-2)18-14-20/h3-18,31H,1-2H3. The number of hydrogen-bond donors (Lipinski definition) is 0. The Labute approximate surface area is 184 Å². The van der Waals surface area contributed by atoms with Crippen molar-refractivity contribution in [2.45, 2.75) is 0 Å². The van der Waals surface area contributed by atoms with E-state index in [4.69, 9.17) is 18.5 Å². The van der Waals surface area contributed by atoms with E-state index >= 15 is 0 Å². The maximum absolute atomic E-state index is 6.03. The number of ether oxygens (including phenoxy) is 2. The Morgan fingerprint density at radius 3 is 1.26 bits per heavy atom. The van der Waals surface area contributed by atoms with Crippen LogP contribution in [0.4, 0.5) is 0 Å². The molecular weight excluding hydrogens is 407 g/mol. The molecule has 0 spiro atoms. The van der Waals surface area contributed by atoms with Crippen molar-refractivity contribution >= 4 is 9.03 Å². The molecule has 0 bridgehead atoms. The summed E-state index contributed by atoms with van der Waals surface area (Å²) < 4.78 is 22.6. The van der Waals surface area contributed by atoms with Crippen LogP contribution in [0.25, 0.3) is 22.3 Å². The average molecular weight is 430 g/mol. The summed E-state index contributed by atoms with van der Waals surface area (Å²) in [5.41, 5.74) is 4.12. The largest absolute Gasteiger partial charge is 0.497 e. The second-order valence-corrected chi connectivity index (χ2v) is 7.31. The summed E-state index contributed by atoms with van der Waals surface area (Å²) in [6, 6.07) is 31.7. The first kappa shape index (κ1) is 20.8. The highest BCUT2D eigenvalue weighted by Gasteiger charge is 2.09. The van der Waals surface area contributed by atoms with Gasteiger partial charge in [0.1, 0.15) is 23.0 Å². The molecule has 0 aromatic heterocycles. The topological polar surface area (TPSA) is 36.9 Å². The maximum atomic E-state index is 6.03. The number of hydrogen-bond acceptors (Lipinski definition) is 4. The van der Waals surface area contributed by atoms with Crippen LogP contribution in [0.15, 0.2) is 97.1 Å². The third kappa shape index (κ3) is 4.99. The molecule has 0 saturated carbocycles. The average Bonchev–Trinajstić information content (AvgIpc) is 2.85. The van der Waals surface area contributed by atoms with E-state index in [1.807, 2.05) is 97.1 Å². The number of para-hydroxylation sites is 2. The van der Waals surface area contributed by atoms with E-state index in [1.54, 1.807) is 14.2 Å². The number of benzene rings is 4. The van der Waals surface area contributed by atoms with Crippen LogP contribution in [-0.4, -0.2) is 14.2 Å². The molecule has 0 aliphatic rings. The van der Waals surface area contributed by atoms with E-state index in [1.165, 1.54) is 0 Å². The summed E-state index contributed by atoms with van der Waals surface area (Å²) in [6.07, 6.45) is 0. The molecule has 5 heteroatoms. The summed E-state index contributed by atoms with van der Waals surface area (Å²) in [6.45, 7) is 0. The van der Waals surface area contributed by atoms with Crippen molar-refractivity contribution in [1.82, 2.24) is 0 Å². The Bertz CT molecular complexity index is 1030. The summed E-state index contributed by atoms with van der Waals surface area (Å²) >= 11 is 0. The Morgan fingerprint density at radius 1 is 0.484 bits per heavy atom. The highest BCUT2D eigenvalue weighted by atomic mass is 31.1. The lowest BCUT2D eigenvalue weighted by molar-refractivity contribution is 0.415. The van der Waals surface area contributed by atoms with E-state index in [0.717, 1.165) is 45.3 Å². The molecule has 156 valence electrons. The molecule has 0 aliphatic carbocycles. The smallest absolute Gasteiger partial charge is 0.275 e. The first-order chi connectivity index (χ1) is 15.3. The summed E-state index contributed by atoms with van der Waals surface area (Å²) in [4.78, 5) is 0. The molecule has 0 atom stereocenters. The lowest BCUT2D eigenvalue weighted by Gasteiger charge is -2.14. The van der Waals surface area contributed by atoms with E-state index < -0.39 is 0 Å². The minimum Gasteiger partial charge on any atom is -0.497 e. The van der Waals surface area contributed by atoms with E-state index in [2.05, 4.69) is 0 Å². The maximum Gasteiger partial charge on any atom is 0.275 e. The van der Waals surface area contributed by atoms with Gasteiger partial charge in [0.05, 0.1) is 14.2 Å². The molecule has 0 fully saturated rings. The Balaban J connectivity index is 1.49. The molecular formula is C26H23O4P. The van der Waals surface area contributed by atoms with Crippen LogP contribution in [0.5, 0.6) is 23.0 Å². The minimum absolute atomic E-state index is 0.184. The van der Waals surface area contributed by atoms with Crippen LogP contribution in [0, 0.1) is 0 Å². The van der Waals surface area contributed by atoms with Crippen molar-refractivity contribution < 1.29 is 18.5 Å². The number of rotatable bonds is 8. The molecule has 0 N–H and O–H groups in total. The zero-order valence-electron chi connectivity index (χ0n) is 17.4. The highest BCUT2D eigenvalue weighted by Crippen LogP contribution is 2.37. The van der Waals surface area contributed by atoms with Gasteiger partial charge in [-0.3, -0.25) is 0 Å². The van der Waals surface area contributed by atoms with Crippen LogP contribution >= 0.6 is 9.03 Å². The van der Waals surface area contributed by atoms with Gasteiger partial charge in [-0.05, 0) is 47.5 Å². The molecule has 0 aliphatic heterocycles. The Morgan fingerprint density at radius 2 is 0.871 bits per heavy atom. The lowest BCUT2D eigenvalue weighted by Crippen LogP contribution is -1.91. The van der Waals surface area contributed by atoms with Crippen molar-refractivity contribution in [3.63, 3.8) is 0 Å². The summed E-state index contributed by atoms with van der Waals surface area (Å²) in [7, 11) is 3.14. The fraction of sp³-hybridized carbons (Fsp3) is 0.0769. The molecule has 4 aromatic carbocycles. The molecule has 0 saturated heterocycles. The van der Waals surface area contributed by atoms with Crippen molar-refractivity contribution in [2.75, 3.05) is 14.2 Å². The number of methoxy groups -OCH3 is 2. The Kier molecular flexibility index (Phi) is 6.71. The quantitative estimate of drug-likeness (QED) is 0.282. The Hall–Kier alpha value is -3.49. The van der Waals surface area contributed by atoms with Crippen molar-refractivity contribution in [2.24, 2.45) is 0 Å². The predicted molar refractivity (Wildman–Crippen MR) is 126 cm³/mol. The zero-order valence-corrected chi connectivity index (χ0v) is 18.4. The second kappa shape index (κ2) is 10.0. The molecule has 0 amide bonds. The van der Waals surface area contributed by atoms with Crippen LogP contribution in [0.1, 0.15) is 0 Å². The van der Waals surface area contributed by atoms with Crippen molar-refractivity contribution in [3.05, 3.63) is 97.1 Å². The van der Waals surface area contributed by atoms with Crippen LogP contribution in [0.3, 0.4) is 0 Å². The van der Waals surface area contributed by atoms with Gasteiger partial charge in [0.25, 0.3) is 9.03 Å². The van der Waals surface area contributed by atoms with E-state index in [0.29, 0.717) is 0 Å². The van der Waals surface area contributed by atoms with Crippen LogP contribution < -0.4 is 18.5 Å². The molecule has 0 heterocycles. The molecule has 0 unspecified atom stereocenters. The summed E-state index contributed by atoms with van der Waals surface area (Å²) in [5, 5.41) is 0. The fourth-order valence-corrected chi connectivity index (χ4v) is 3.82. The first-order valence-corrected chi connectivity index (χ1v) is 10.7. The fourth-order valence-electron chi connectivity index (χ4n) is 3.24. The van der Waals surface area contributed by atoms with Gasteiger partial charge in [-0.1, -0.05) is 60.7 Å². The van der Waals surface area contributed by atoms with Gasteiger partial charge in [0, 0.05) is 11.1 Å². The van der Waals surface area contributed by atoms with Gasteiger partial charge in [0.2, 0.25) is 0 Å². The van der Waals surface area contributed by atoms with Gasteiger partial charge in [0.15, 0.2) is 0 Å². The van der Waals surface area contributed by atoms with Crippen LogP contribution in [0.2, 0.25) is 0 Å².